The number of hydrogen-bond donors (Lipinski definition) is 1. The van der Waals surface area contributed by atoms with Crippen LogP contribution in [0.3, 0.4) is 0 Å². The number of carbonyl (C=O) groups is 1. The van der Waals surface area contributed by atoms with Crippen molar-refractivity contribution in [3.8, 4) is 17.2 Å². The lowest BCUT2D eigenvalue weighted by atomic mass is 10.2. The number of methoxy groups -OCH3 is 1. The summed E-state index contributed by atoms with van der Waals surface area (Å²) < 4.78 is 36.0. The predicted molar refractivity (Wildman–Crippen MR) is 103 cm³/mol. The van der Waals surface area contributed by atoms with Gasteiger partial charge in [0.15, 0.2) is 0 Å². The Morgan fingerprint density at radius 1 is 0.857 bits per heavy atom. The average molecular weight is 398 g/mol. The third-order valence-corrected chi connectivity index (χ3v) is 5.89. The summed E-state index contributed by atoms with van der Waals surface area (Å²) in [5, 5.41) is 9.24. The molecule has 7 heteroatoms. The molecule has 0 heterocycles. The molecule has 1 N–H and O–H groups in total. The van der Waals surface area contributed by atoms with Crippen molar-refractivity contribution in [2.75, 3.05) is 7.11 Å². The Hall–Kier alpha value is -3.32. The molecule has 0 saturated heterocycles. The van der Waals surface area contributed by atoms with Crippen LogP contribution < -0.4 is 9.47 Å². The summed E-state index contributed by atoms with van der Waals surface area (Å²) in [5.41, 5.74) is 0.946. The van der Waals surface area contributed by atoms with E-state index in [1.807, 2.05) is 6.92 Å². The zero-order valence-corrected chi connectivity index (χ0v) is 16.1. The van der Waals surface area contributed by atoms with Gasteiger partial charge in [-0.1, -0.05) is 17.7 Å². The van der Waals surface area contributed by atoms with Crippen molar-refractivity contribution in [1.82, 2.24) is 0 Å². The van der Waals surface area contributed by atoms with Gasteiger partial charge in [-0.05, 0) is 61.5 Å². The molecular formula is C21H18O6S. The number of aryl methyl sites for hydroxylation is 1. The minimum Gasteiger partial charge on any atom is -0.496 e. The zero-order valence-electron chi connectivity index (χ0n) is 15.2. The largest absolute Gasteiger partial charge is 0.496 e. The highest BCUT2D eigenvalue weighted by atomic mass is 32.2. The van der Waals surface area contributed by atoms with Gasteiger partial charge in [0.2, 0.25) is 9.84 Å². The third-order valence-electron chi connectivity index (χ3n) is 4.10. The van der Waals surface area contributed by atoms with Gasteiger partial charge >= 0.3 is 5.97 Å². The number of rotatable bonds is 6. The molecule has 144 valence electrons. The minimum atomic E-state index is -3.62. The lowest BCUT2D eigenvalue weighted by Gasteiger charge is -2.10. The summed E-state index contributed by atoms with van der Waals surface area (Å²) in [7, 11) is -2.24. The van der Waals surface area contributed by atoms with Crippen LogP contribution in [0.4, 0.5) is 0 Å². The van der Waals surface area contributed by atoms with Crippen molar-refractivity contribution in [3.63, 3.8) is 0 Å². The minimum absolute atomic E-state index is 0.0291. The highest BCUT2D eigenvalue weighted by Crippen LogP contribution is 2.29. The van der Waals surface area contributed by atoms with Gasteiger partial charge in [-0.15, -0.1) is 0 Å². The van der Waals surface area contributed by atoms with E-state index in [0.29, 0.717) is 11.5 Å². The molecule has 28 heavy (non-hydrogen) atoms. The number of carboxylic acids is 1. The first-order valence-electron chi connectivity index (χ1n) is 8.32. The molecule has 0 radical (unpaired) electrons. The van der Waals surface area contributed by atoms with E-state index in [2.05, 4.69) is 0 Å². The van der Waals surface area contributed by atoms with Gasteiger partial charge < -0.3 is 14.6 Å². The van der Waals surface area contributed by atoms with Crippen molar-refractivity contribution in [2.24, 2.45) is 0 Å². The molecule has 0 saturated carbocycles. The topological polar surface area (TPSA) is 89.9 Å². The Bertz CT molecular complexity index is 1100. The summed E-state index contributed by atoms with van der Waals surface area (Å²) in [6, 6.07) is 17.0. The highest BCUT2D eigenvalue weighted by Gasteiger charge is 2.18. The summed E-state index contributed by atoms with van der Waals surface area (Å²) in [6.45, 7) is 1.89. The molecule has 0 atom stereocenters. The second-order valence-electron chi connectivity index (χ2n) is 6.06. The quantitative estimate of drug-likeness (QED) is 0.665. The van der Waals surface area contributed by atoms with Gasteiger partial charge in [0, 0.05) is 0 Å². The van der Waals surface area contributed by atoms with Crippen LogP contribution >= 0.6 is 0 Å². The molecule has 3 aromatic rings. The Morgan fingerprint density at radius 2 is 1.39 bits per heavy atom. The number of aromatic carboxylic acids is 1. The maximum Gasteiger partial charge on any atom is 0.339 e. The van der Waals surface area contributed by atoms with Gasteiger partial charge in [0.25, 0.3) is 0 Å². The molecule has 6 nitrogen and oxygen atoms in total. The van der Waals surface area contributed by atoms with E-state index < -0.39 is 15.8 Å². The number of hydrogen-bond acceptors (Lipinski definition) is 5. The van der Waals surface area contributed by atoms with E-state index in [1.165, 1.54) is 43.5 Å². The molecule has 0 fully saturated rings. The van der Waals surface area contributed by atoms with Crippen LogP contribution in [0.1, 0.15) is 15.9 Å². The first-order chi connectivity index (χ1) is 13.3. The average Bonchev–Trinajstić information content (AvgIpc) is 2.68. The molecule has 0 aromatic heterocycles. The molecule has 0 aliphatic heterocycles. The molecular weight excluding hydrogens is 380 g/mol. The summed E-state index contributed by atoms with van der Waals surface area (Å²) in [4.78, 5) is 11.7. The van der Waals surface area contributed by atoms with Crippen LogP contribution in [0.15, 0.2) is 76.5 Å². The highest BCUT2D eigenvalue weighted by molar-refractivity contribution is 7.91. The fourth-order valence-electron chi connectivity index (χ4n) is 2.59. The van der Waals surface area contributed by atoms with Crippen LogP contribution in [0.25, 0.3) is 0 Å². The maximum absolute atomic E-state index is 12.7. The zero-order chi connectivity index (χ0) is 20.3. The fourth-order valence-corrected chi connectivity index (χ4v) is 3.86. The van der Waals surface area contributed by atoms with Crippen molar-refractivity contribution < 1.29 is 27.8 Å². The van der Waals surface area contributed by atoms with E-state index in [0.717, 1.165) is 5.56 Å². The first kappa shape index (κ1) is 19.4. The molecule has 3 aromatic carbocycles. The SMILES string of the molecule is COc1ccc(Oc2ccc(S(=O)(=O)c3ccc(C)cc3)cc2)cc1C(=O)O. The van der Waals surface area contributed by atoms with E-state index >= 15 is 0 Å². The normalized spacial score (nSPS) is 11.1. The summed E-state index contributed by atoms with van der Waals surface area (Å²) in [5.74, 6) is -0.238. The van der Waals surface area contributed by atoms with Gasteiger partial charge in [0.05, 0.1) is 16.9 Å². The second kappa shape index (κ2) is 7.74. The van der Waals surface area contributed by atoms with E-state index in [9.17, 15) is 18.3 Å². The summed E-state index contributed by atoms with van der Waals surface area (Å²) >= 11 is 0. The van der Waals surface area contributed by atoms with Crippen LogP contribution in [-0.4, -0.2) is 26.6 Å². The Labute approximate surface area is 162 Å². The number of carboxylic acid groups (broad SMARTS) is 1. The molecule has 0 aliphatic rings. The number of benzene rings is 3. The maximum atomic E-state index is 12.7. The second-order valence-corrected chi connectivity index (χ2v) is 8.01. The van der Waals surface area contributed by atoms with Crippen LogP contribution in [-0.2, 0) is 9.84 Å². The molecule has 0 unspecified atom stereocenters. The van der Waals surface area contributed by atoms with Crippen molar-refractivity contribution in [1.29, 1.82) is 0 Å². The van der Waals surface area contributed by atoms with Gasteiger partial charge in [0.1, 0.15) is 22.8 Å². The Kier molecular flexibility index (Phi) is 5.37. The van der Waals surface area contributed by atoms with Crippen molar-refractivity contribution in [3.05, 3.63) is 77.9 Å². The van der Waals surface area contributed by atoms with Crippen LogP contribution in [0.5, 0.6) is 17.2 Å². The van der Waals surface area contributed by atoms with Crippen molar-refractivity contribution in [2.45, 2.75) is 16.7 Å². The number of ether oxygens (including phenoxy) is 2. The monoisotopic (exact) mass is 398 g/mol. The van der Waals surface area contributed by atoms with Gasteiger partial charge in [-0.25, -0.2) is 13.2 Å². The summed E-state index contributed by atoms with van der Waals surface area (Å²) in [6.07, 6.45) is 0. The van der Waals surface area contributed by atoms with E-state index in [1.54, 1.807) is 30.3 Å². The smallest absolute Gasteiger partial charge is 0.339 e. The third kappa shape index (κ3) is 3.99. The first-order valence-corrected chi connectivity index (χ1v) is 9.80. The number of sulfone groups is 1. The molecule has 0 spiro atoms. The lowest BCUT2D eigenvalue weighted by molar-refractivity contribution is 0.0693. The van der Waals surface area contributed by atoms with Crippen LogP contribution in [0.2, 0.25) is 0 Å². The van der Waals surface area contributed by atoms with Gasteiger partial charge in [-0.2, -0.15) is 0 Å². The lowest BCUT2D eigenvalue weighted by Crippen LogP contribution is -2.02. The Balaban J connectivity index is 1.84. The fraction of sp³-hybridized carbons (Fsp3) is 0.0952. The molecule has 0 bridgehead atoms. The predicted octanol–water partition coefficient (Wildman–Crippen LogP) is 4.33. The Morgan fingerprint density at radius 3 is 1.93 bits per heavy atom. The molecule has 0 aliphatic carbocycles. The standard InChI is InChI=1S/C21H18O6S/c1-14-3-8-17(9-4-14)28(24,25)18-10-5-15(6-11-18)27-16-7-12-20(26-2)19(13-16)21(22)23/h3-13H,1-2H3,(H,22,23). The van der Waals surface area contributed by atoms with Crippen LogP contribution in [0, 0.1) is 6.92 Å². The van der Waals surface area contributed by atoms with Crippen molar-refractivity contribution >= 4 is 15.8 Å². The molecule has 0 amide bonds. The molecule has 3 rings (SSSR count). The van der Waals surface area contributed by atoms with Gasteiger partial charge in [-0.3, -0.25) is 0 Å². The van der Waals surface area contributed by atoms with E-state index in [-0.39, 0.29) is 21.1 Å². The van der Waals surface area contributed by atoms with E-state index in [4.69, 9.17) is 9.47 Å².